The van der Waals surface area contributed by atoms with E-state index in [0.717, 1.165) is 12.8 Å². The van der Waals surface area contributed by atoms with Crippen LogP contribution in [0.5, 0.6) is 0 Å². The summed E-state index contributed by atoms with van der Waals surface area (Å²) in [6.07, 6.45) is 4.37. The highest BCUT2D eigenvalue weighted by atomic mass is 16.6. The van der Waals surface area contributed by atoms with Gasteiger partial charge >= 0.3 is 6.09 Å². The van der Waals surface area contributed by atoms with Crippen molar-refractivity contribution < 1.29 is 9.53 Å². The molecule has 0 aromatic rings. The van der Waals surface area contributed by atoms with Crippen LogP contribution in [0, 0.1) is 0 Å². The van der Waals surface area contributed by atoms with Crippen molar-refractivity contribution in [2.45, 2.75) is 44.2 Å². The van der Waals surface area contributed by atoms with E-state index >= 15 is 0 Å². The number of carbonyl (C=O) groups is 1. The second-order valence-electron chi connectivity index (χ2n) is 3.68. The lowest BCUT2D eigenvalue weighted by molar-refractivity contribution is 0.0849. The van der Waals surface area contributed by atoms with E-state index in [0.29, 0.717) is 0 Å². The van der Waals surface area contributed by atoms with Gasteiger partial charge in [0.2, 0.25) is 0 Å². The lowest BCUT2D eigenvalue weighted by Gasteiger charge is -2.32. The minimum atomic E-state index is -0.237. The van der Waals surface area contributed by atoms with Crippen LogP contribution in [0.1, 0.15) is 32.6 Å². The molecule has 0 spiro atoms. The van der Waals surface area contributed by atoms with Gasteiger partial charge in [0.05, 0.1) is 5.54 Å². The summed E-state index contributed by atoms with van der Waals surface area (Å²) in [6.45, 7) is 2.07. The lowest BCUT2D eigenvalue weighted by atomic mass is 9.81. The molecule has 3 nitrogen and oxygen atoms in total. The van der Waals surface area contributed by atoms with E-state index in [-0.39, 0.29) is 17.7 Å². The van der Waals surface area contributed by atoms with Crippen LogP contribution in [0.15, 0.2) is 0 Å². The fourth-order valence-corrected chi connectivity index (χ4v) is 2.03. The maximum atomic E-state index is 10.9. The van der Waals surface area contributed by atoms with Crippen LogP contribution in [-0.2, 0) is 4.74 Å². The average Bonchev–Trinajstić information content (AvgIpc) is 2.22. The monoisotopic (exact) mass is 155 g/mol. The van der Waals surface area contributed by atoms with Crippen LogP contribution < -0.4 is 5.32 Å². The molecule has 1 aliphatic heterocycles. The number of hydrogen-bond donors (Lipinski definition) is 1. The molecule has 2 aliphatic rings. The Morgan fingerprint density at radius 3 is 3.18 bits per heavy atom. The largest absolute Gasteiger partial charge is 0.444 e. The van der Waals surface area contributed by atoms with Crippen LogP contribution in [0.25, 0.3) is 0 Å². The SMILES string of the molecule is C[C@]12CCCC[C@H]1OC(=O)N2. The normalized spacial score (nSPS) is 42.6. The average molecular weight is 155 g/mol. The van der Waals surface area contributed by atoms with Crippen molar-refractivity contribution >= 4 is 6.09 Å². The molecule has 1 heterocycles. The van der Waals surface area contributed by atoms with Crippen LogP contribution in [0.3, 0.4) is 0 Å². The van der Waals surface area contributed by atoms with Gasteiger partial charge in [-0.1, -0.05) is 6.42 Å². The maximum absolute atomic E-state index is 10.9. The predicted octanol–water partition coefficient (Wildman–Crippen LogP) is 1.43. The second-order valence-corrected chi connectivity index (χ2v) is 3.68. The summed E-state index contributed by atoms with van der Waals surface area (Å²) < 4.78 is 5.12. The first-order chi connectivity index (χ1) is 5.21. The van der Waals surface area contributed by atoms with Gasteiger partial charge in [-0.3, -0.25) is 0 Å². The van der Waals surface area contributed by atoms with Crippen LogP contribution >= 0.6 is 0 Å². The van der Waals surface area contributed by atoms with Gasteiger partial charge in [-0.05, 0) is 26.2 Å². The fourth-order valence-electron chi connectivity index (χ4n) is 2.03. The topological polar surface area (TPSA) is 38.3 Å². The number of rotatable bonds is 0. The molecule has 62 valence electrons. The first-order valence-corrected chi connectivity index (χ1v) is 4.19. The number of hydrogen-bond acceptors (Lipinski definition) is 2. The van der Waals surface area contributed by atoms with Gasteiger partial charge in [-0.25, -0.2) is 4.79 Å². The molecule has 1 N–H and O–H groups in total. The van der Waals surface area contributed by atoms with Gasteiger partial charge in [0.25, 0.3) is 0 Å². The molecule has 2 fully saturated rings. The molecule has 3 heteroatoms. The molecule has 2 rings (SSSR count). The molecule has 1 aliphatic carbocycles. The zero-order chi connectivity index (χ0) is 7.90. The number of carbonyl (C=O) groups excluding carboxylic acids is 1. The minimum Gasteiger partial charge on any atom is -0.444 e. The Kier molecular flexibility index (Phi) is 1.34. The predicted molar refractivity (Wildman–Crippen MR) is 40.3 cm³/mol. The lowest BCUT2D eigenvalue weighted by Crippen LogP contribution is -2.47. The van der Waals surface area contributed by atoms with Crippen LogP contribution in [0.2, 0.25) is 0 Å². The quantitative estimate of drug-likeness (QED) is 0.574. The summed E-state index contributed by atoms with van der Waals surface area (Å²) in [6, 6.07) is 0. The summed E-state index contributed by atoms with van der Waals surface area (Å²) in [7, 11) is 0. The third-order valence-electron chi connectivity index (χ3n) is 2.76. The van der Waals surface area contributed by atoms with E-state index in [1.165, 1.54) is 12.8 Å². The van der Waals surface area contributed by atoms with Crippen LogP contribution in [0.4, 0.5) is 4.79 Å². The molecule has 0 unspecified atom stereocenters. The van der Waals surface area contributed by atoms with E-state index in [9.17, 15) is 4.79 Å². The summed E-state index contributed by atoms with van der Waals surface area (Å²) in [5.74, 6) is 0. The van der Waals surface area contributed by atoms with Crippen molar-refractivity contribution in [2.75, 3.05) is 0 Å². The van der Waals surface area contributed by atoms with Crippen molar-refractivity contribution in [2.24, 2.45) is 0 Å². The Morgan fingerprint density at radius 1 is 1.64 bits per heavy atom. The Balaban J connectivity index is 2.17. The Labute approximate surface area is 66.1 Å². The number of fused-ring (bicyclic) bond motifs is 1. The van der Waals surface area contributed by atoms with Crippen LogP contribution in [-0.4, -0.2) is 17.7 Å². The van der Waals surface area contributed by atoms with Crippen molar-refractivity contribution in [1.82, 2.24) is 5.32 Å². The first kappa shape index (κ1) is 6.95. The van der Waals surface area contributed by atoms with Gasteiger partial charge in [-0.15, -0.1) is 0 Å². The van der Waals surface area contributed by atoms with Crippen molar-refractivity contribution in [3.05, 3.63) is 0 Å². The van der Waals surface area contributed by atoms with E-state index in [2.05, 4.69) is 12.2 Å². The van der Waals surface area contributed by atoms with E-state index < -0.39 is 0 Å². The van der Waals surface area contributed by atoms with Crippen molar-refractivity contribution in [3.63, 3.8) is 0 Å². The molecule has 0 aromatic carbocycles. The van der Waals surface area contributed by atoms with Gasteiger partial charge in [0.1, 0.15) is 6.10 Å². The molecular weight excluding hydrogens is 142 g/mol. The molecule has 11 heavy (non-hydrogen) atoms. The standard InChI is InChI=1S/C8H13NO2/c1-8-5-3-2-4-6(8)11-7(10)9-8/h6H,2-5H2,1H3,(H,9,10)/t6-,8+/m1/s1. The minimum absolute atomic E-state index is 0.0602. The molecule has 1 saturated carbocycles. The number of ether oxygens (including phenoxy) is 1. The molecule has 0 bridgehead atoms. The maximum Gasteiger partial charge on any atom is 0.408 e. The van der Waals surface area contributed by atoms with E-state index in [1.807, 2.05) is 0 Å². The number of alkyl carbamates (subject to hydrolysis) is 1. The van der Waals surface area contributed by atoms with Crippen molar-refractivity contribution in [1.29, 1.82) is 0 Å². The molecular formula is C8H13NO2. The molecule has 0 aromatic heterocycles. The Morgan fingerprint density at radius 2 is 2.45 bits per heavy atom. The van der Waals surface area contributed by atoms with Gasteiger partial charge < -0.3 is 10.1 Å². The third kappa shape index (κ3) is 0.988. The number of nitrogens with one attached hydrogen (secondary N) is 1. The summed E-state index contributed by atoms with van der Waals surface area (Å²) in [5, 5.41) is 2.87. The van der Waals surface area contributed by atoms with Gasteiger partial charge in [0.15, 0.2) is 0 Å². The van der Waals surface area contributed by atoms with Gasteiger partial charge in [0, 0.05) is 0 Å². The molecule has 1 amide bonds. The third-order valence-corrected chi connectivity index (χ3v) is 2.76. The highest BCUT2D eigenvalue weighted by molar-refractivity contribution is 5.71. The first-order valence-electron chi connectivity index (χ1n) is 4.19. The summed E-state index contributed by atoms with van der Waals surface area (Å²) in [4.78, 5) is 10.9. The Hall–Kier alpha value is -0.730. The molecule has 0 radical (unpaired) electrons. The van der Waals surface area contributed by atoms with E-state index in [4.69, 9.17) is 4.74 Å². The fraction of sp³-hybridized carbons (Fsp3) is 0.875. The highest BCUT2D eigenvalue weighted by Gasteiger charge is 2.45. The van der Waals surface area contributed by atoms with Crippen molar-refractivity contribution in [3.8, 4) is 0 Å². The summed E-state index contributed by atoms with van der Waals surface area (Å²) >= 11 is 0. The smallest absolute Gasteiger partial charge is 0.408 e. The Bertz CT molecular complexity index is 193. The van der Waals surface area contributed by atoms with Gasteiger partial charge in [-0.2, -0.15) is 0 Å². The molecule has 2 atom stereocenters. The highest BCUT2D eigenvalue weighted by Crippen LogP contribution is 2.34. The number of amides is 1. The summed E-state index contributed by atoms with van der Waals surface area (Å²) in [5.41, 5.74) is -0.0602. The van der Waals surface area contributed by atoms with E-state index in [1.54, 1.807) is 0 Å². The second kappa shape index (κ2) is 2.13. The molecule has 1 saturated heterocycles. The zero-order valence-corrected chi connectivity index (χ0v) is 6.72. The zero-order valence-electron chi connectivity index (χ0n) is 6.72.